The van der Waals surface area contributed by atoms with E-state index in [1.54, 1.807) is 6.07 Å². The van der Waals surface area contributed by atoms with E-state index in [0.717, 1.165) is 18.5 Å². The molecule has 1 aromatic carbocycles. The summed E-state index contributed by atoms with van der Waals surface area (Å²) in [4.78, 5) is 2.33. The Labute approximate surface area is 126 Å². The molecule has 2 N–H and O–H groups in total. The highest BCUT2D eigenvalue weighted by Crippen LogP contribution is 2.27. The maximum absolute atomic E-state index is 13.7. The van der Waals surface area contributed by atoms with E-state index in [0.29, 0.717) is 12.5 Å². The van der Waals surface area contributed by atoms with E-state index >= 15 is 0 Å². The Morgan fingerprint density at radius 3 is 2.81 bits per heavy atom. The predicted octanol–water partition coefficient (Wildman–Crippen LogP) is 3.87. The summed E-state index contributed by atoms with van der Waals surface area (Å²) >= 11 is 0. The van der Waals surface area contributed by atoms with Crippen molar-refractivity contribution in [2.75, 3.05) is 13.6 Å². The molecule has 21 heavy (non-hydrogen) atoms. The zero-order valence-electron chi connectivity index (χ0n) is 13.0. The Kier molecular flexibility index (Phi) is 5.71. The average molecular weight is 296 g/mol. The first-order chi connectivity index (χ1) is 9.99. The van der Waals surface area contributed by atoms with Crippen LogP contribution in [0.15, 0.2) is 18.2 Å². The monoisotopic (exact) mass is 296 g/mol. The SMILES string of the molecule is CC1CCCC(N(C)CCC(N)c2cccc(F)c2F)C1. The van der Waals surface area contributed by atoms with Crippen LogP contribution in [-0.2, 0) is 0 Å². The van der Waals surface area contributed by atoms with Crippen LogP contribution in [0.5, 0.6) is 0 Å². The first-order valence-electron chi connectivity index (χ1n) is 7.88. The molecule has 1 aromatic rings. The van der Waals surface area contributed by atoms with Crippen LogP contribution >= 0.6 is 0 Å². The van der Waals surface area contributed by atoms with Gasteiger partial charge in [0, 0.05) is 17.6 Å². The van der Waals surface area contributed by atoms with Gasteiger partial charge in [0.05, 0.1) is 0 Å². The number of nitrogens with zero attached hydrogens (tertiary/aromatic N) is 1. The molecule has 0 spiro atoms. The summed E-state index contributed by atoms with van der Waals surface area (Å²) in [5.41, 5.74) is 6.31. The Balaban J connectivity index is 1.88. The molecule has 0 saturated heterocycles. The smallest absolute Gasteiger partial charge is 0.163 e. The lowest BCUT2D eigenvalue weighted by Crippen LogP contribution is -2.37. The molecule has 118 valence electrons. The van der Waals surface area contributed by atoms with E-state index < -0.39 is 17.7 Å². The van der Waals surface area contributed by atoms with Gasteiger partial charge in [-0.2, -0.15) is 0 Å². The van der Waals surface area contributed by atoms with Crippen molar-refractivity contribution >= 4 is 0 Å². The van der Waals surface area contributed by atoms with Gasteiger partial charge in [-0.05, 0) is 44.8 Å². The predicted molar refractivity (Wildman–Crippen MR) is 82.0 cm³/mol. The topological polar surface area (TPSA) is 29.3 Å². The fraction of sp³-hybridized carbons (Fsp3) is 0.647. The van der Waals surface area contributed by atoms with Crippen LogP contribution in [0.2, 0.25) is 0 Å². The van der Waals surface area contributed by atoms with Crippen molar-refractivity contribution in [3.05, 3.63) is 35.4 Å². The molecule has 3 unspecified atom stereocenters. The molecule has 0 amide bonds. The second-order valence-electron chi connectivity index (χ2n) is 6.44. The summed E-state index contributed by atoms with van der Waals surface area (Å²) in [6.07, 6.45) is 5.69. The van der Waals surface area contributed by atoms with Crippen molar-refractivity contribution in [2.24, 2.45) is 11.7 Å². The van der Waals surface area contributed by atoms with E-state index in [9.17, 15) is 8.78 Å². The van der Waals surface area contributed by atoms with Gasteiger partial charge in [0.1, 0.15) is 0 Å². The molecule has 1 aliphatic carbocycles. The highest BCUT2D eigenvalue weighted by molar-refractivity contribution is 5.22. The maximum atomic E-state index is 13.7. The zero-order valence-corrected chi connectivity index (χ0v) is 13.0. The molecule has 0 heterocycles. The molecular formula is C17H26F2N2. The minimum absolute atomic E-state index is 0.278. The summed E-state index contributed by atoms with van der Waals surface area (Å²) in [6, 6.07) is 4.36. The van der Waals surface area contributed by atoms with Crippen molar-refractivity contribution in [1.29, 1.82) is 0 Å². The minimum Gasteiger partial charge on any atom is -0.324 e. The summed E-state index contributed by atoms with van der Waals surface area (Å²) < 4.78 is 26.9. The molecule has 1 saturated carbocycles. The fourth-order valence-corrected chi connectivity index (χ4v) is 3.29. The van der Waals surface area contributed by atoms with Gasteiger partial charge in [0.25, 0.3) is 0 Å². The van der Waals surface area contributed by atoms with E-state index in [-0.39, 0.29) is 5.56 Å². The van der Waals surface area contributed by atoms with Crippen molar-refractivity contribution in [3.63, 3.8) is 0 Å². The van der Waals surface area contributed by atoms with Crippen molar-refractivity contribution in [3.8, 4) is 0 Å². The molecule has 0 aliphatic heterocycles. The Morgan fingerprint density at radius 2 is 2.10 bits per heavy atom. The van der Waals surface area contributed by atoms with Crippen LogP contribution in [0.1, 0.15) is 50.6 Å². The highest BCUT2D eigenvalue weighted by atomic mass is 19.2. The summed E-state index contributed by atoms with van der Waals surface area (Å²) in [5.74, 6) is -0.850. The Hall–Kier alpha value is -1.00. The second-order valence-corrected chi connectivity index (χ2v) is 6.44. The molecule has 2 nitrogen and oxygen atoms in total. The maximum Gasteiger partial charge on any atom is 0.163 e. The van der Waals surface area contributed by atoms with Crippen LogP contribution in [0.3, 0.4) is 0 Å². The van der Waals surface area contributed by atoms with Gasteiger partial charge in [-0.25, -0.2) is 8.78 Å². The number of hydrogen-bond donors (Lipinski definition) is 1. The van der Waals surface area contributed by atoms with Crippen LogP contribution in [-0.4, -0.2) is 24.5 Å². The van der Waals surface area contributed by atoms with E-state index in [2.05, 4.69) is 18.9 Å². The number of benzene rings is 1. The fourth-order valence-electron chi connectivity index (χ4n) is 3.29. The quantitative estimate of drug-likeness (QED) is 0.894. The first-order valence-corrected chi connectivity index (χ1v) is 7.88. The van der Waals surface area contributed by atoms with E-state index in [1.807, 2.05) is 0 Å². The molecule has 1 fully saturated rings. The molecule has 0 radical (unpaired) electrons. The molecule has 1 aliphatic rings. The lowest BCUT2D eigenvalue weighted by molar-refractivity contribution is 0.160. The van der Waals surface area contributed by atoms with E-state index in [4.69, 9.17) is 5.73 Å². The minimum atomic E-state index is -0.822. The summed E-state index contributed by atoms with van der Waals surface area (Å²) in [7, 11) is 2.11. The molecule has 4 heteroatoms. The van der Waals surface area contributed by atoms with Crippen molar-refractivity contribution in [1.82, 2.24) is 4.90 Å². The van der Waals surface area contributed by atoms with Crippen molar-refractivity contribution in [2.45, 2.75) is 51.1 Å². The third-order valence-corrected chi connectivity index (χ3v) is 4.71. The van der Waals surface area contributed by atoms with Gasteiger partial charge < -0.3 is 10.6 Å². The summed E-state index contributed by atoms with van der Waals surface area (Å²) in [6.45, 7) is 3.11. The number of rotatable bonds is 5. The molecule has 0 aromatic heterocycles. The molecule has 3 atom stereocenters. The molecular weight excluding hydrogens is 270 g/mol. The third-order valence-electron chi connectivity index (χ3n) is 4.71. The Bertz CT molecular complexity index is 464. The summed E-state index contributed by atoms with van der Waals surface area (Å²) in [5, 5.41) is 0. The normalized spacial score (nSPS) is 24.3. The van der Waals surface area contributed by atoms with Gasteiger partial charge in [-0.15, -0.1) is 0 Å². The van der Waals surface area contributed by atoms with Gasteiger partial charge >= 0.3 is 0 Å². The molecule has 2 rings (SSSR count). The lowest BCUT2D eigenvalue weighted by atomic mass is 9.86. The van der Waals surface area contributed by atoms with Crippen LogP contribution < -0.4 is 5.73 Å². The van der Waals surface area contributed by atoms with Gasteiger partial charge in [0.15, 0.2) is 11.6 Å². The first kappa shape index (κ1) is 16.4. The van der Waals surface area contributed by atoms with Gasteiger partial charge in [-0.1, -0.05) is 31.9 Å². The largest absolute Gasteiger partial charge is 0.324 e. The number of halogens is 2. The molecule has 0 bridgehead atoms. The van der Waals surface area contributed by atoms with Crippen LogP contribution in [0.25, 0.3) is 0 Å². The van der Waals surface area contributed by atoms with Crippen LogP contribution in [0, 0.1) is 17.6 Å². The zero-order chi connectivity index (χ0) is 15.4. The van der Waals surface area contributed by atoms with Gasteiger partial charge in [0.2, 0.25) is 0 Å². The van der Waals surface area contributed by atoms with Crippen molar-refractivity contribution < 1.29 is 8.78 Å². The highest BCUT2D eigenvalue weighted by Gasteiger charge is 2.23. The van der Waals surface area contributed by atoms with E-state index in [1.165, 1.54) is 31.7 Å². The Morgan fingerprint density at radius 1 is 1.33 bits per heavy atom. The van der Waals surface area contributed by atoms with Gasteiger partial charge in [-0.3, -0.25) is 0 Å². The number of hydrogen-bond acceptors (Lipinski definition) is 2. The van der Waals surface area contributed by atoms with Crippen LogP contribution in [0.4, 0.5) is 8.78 Å². The standard InChI is InChI=1S/C17H26F2N2/c1-12-5-3-6-13(11-12)21(2)10-9-16(20)14-7-4-8-15(18)17(14)19/h4,7-8,12-13,16H,3,5-6,9-11,20H2,1-2H3. The lowest BCUT2D eigenvalue weighted by Gasteiger charge is -2.34. The average Bonchev–Trinajstić information content (AvgIpc) is 2.47. The second kappa shape index (κ2) is 7.32. The number of nitrogens with two attached hydrogens (primary N) is 1. The third kappa shape index (κ3) is 4.24.